The number of nitrogens with zero attached hydrogens (tertiary/aromatic N) is 1. The fraction of sp³-hybridized carbons (Fsp3) is 0.312. The zero-order valence-electron chi connectivity index (χ0n) is 13.7. The first-order valence-electron chi connectivity index (χ1n) is 6.96. The van der Waals surface area contributed by atoms with Gasteiger partial charge in [0.1, 0.15) is 18.0 Å². The summed E-state index contributed by atoms with van der Waals surface area (Å²) in [6, 6.07) is 3.49. The molecule has 0 aliphatic carbocycles. The van der Waals surface area contributed by atoms with Crippen molar-refractivity contribution in [3.63, 3.8) is 0 Å². The molecule has 0 aromatic heterocycles. The Morgan fingerprint density at radius 2 is 1.92 bits per heavy atom. The summed E-state index contributed by atoms with van der Waals surface area (Å²) in [7, 11) is 4.27. The van der Waals surface area contributed by atoms with Gasteiger partial charge in [-0.25, -0.2) is 0 Å². The van der Waals surface area contributed by atoms with Gasteiger partial charge in [0, 0.05) is 11.1 Å². The lowest BCUT2D eigenvalue weighted by Crippen LogP contribution is -2.34. The number of carbonyl (C=O) groups is 3. The summed E-state index contributed by atoms with van der Waals surface area (Å²) in [5.74, 6) is 0.0132. The zero-order valence-corrected chi connectivity index (χ0v) is 14.6. The maximum absolute atomic E-state index is 12.3. The Morgan fingerprint density at radius 1 is 1.21 bits per heavy atom. The molecule has 24 heavy (non-hydrogen) atoms. The second kappa shape index (κ2) is 7.39. The van der Waals surface area contributed by atoms with Gasteiger partial charge in [-0.1, -0.05) is 0 Å². The van der Waals surface area contributed by atoms with Crippen molar-refractivity contribution in [2.45, 2.75) is 6.92 Å². The highest BCUT2D eigenvalue weighted by Gasteiger charge is 2.36. The summed E-state index contributed by atoms with van der Waals surface area (Å²) < 4.78 is 15.1. The molecule has 2 amide bonds. The number of ether oxygens (including phenoxy) is 3. The van der Waals surface area contributed by atoms with E-state index < -0.39 is 23.7 Å². The average molecular weight is 351 g/mol. The topological polar surface area (TPSA) is 82.1 Å². The molecular formula is C16H17NO6S. The van der Waals surface area contributed by atoms with Gasteiger partial charge in [0.05, 0.1) is 26.2 Å². The van der Waals surface area contributed by atoms with Crippen molar-refractivity contribution in [3.8, 4) is 11.5 Å². The molecule has 0 unspecified atom stereocenters. The van der Waals surface area contributed by atoms with Crippen molar-refractivity contribution in [1.29, 1.82) is 0 Å². The van der Waals surface area contributed by atoms with Gasteiger partial charge in [-0.2, -0.15) is 0 Å². The van der Waals surface area contributed by atoms with Crippen LogP contribution in [0.5, 0.6) is 11.5 Å². The van der Waals surface area contributed by atoms with E-state index in [1.54, 1.807) is 25.3 Å². The van der Waals surface area contributed by atoms with Gasteiger partial charge in [0.15, 0.2) is 0 Å². The summed E-state index contributed by atoms with van der Waals surface area (Å²) in [5.41, 5.74) is 1.42. The van der Waals surface area contributed by atoms with E-state index >= 15 is 0 Å². The molecule has 0 N–H and O–H groups in total. The maximum atomic E-state index is 12.3. The molecular weight excluding hydrogens is 334 g/mol. The van der Waals surface area contributed by atoms with Gasteiger partial charge in [-0.15, -0.1) is 0 Å². The highest BCUT2D eigenvalue weighted by Crippen LogP contribution is 2.37. The van der Waals surface area contributed by atoms with Crippen LogP contribution < -0.4 is 9.47 Å². The molecule has 0 radical (unpaired) electrons. The lowest BCUT2D eigenvalue weighted by molar-refractivity contribution is -0.143. The predicted octanol–water partition coefficient (Wildman–Crippen LogP) is 2.22. The zero-order chi connectivity index (χ0) is 17.9. The molecule has 8 heteroatoms. The number of methoxy groups -OCH3 is 3. The summed E-state index contributed by atoms with van der Waals surface area (Å²) in [6.07, 6.45) is 1.56. The van der Waals surface area contributed by atoms with Crippen LogP contribution in [0.4, 0.5) is 4.79 Å². The molecule has 2 rings (SSSR count). The van der Waals surface area contributed by atoms with Crippen LogP contribution in [0, 0.1) is 6.92 Å². The molecule has 1 aromatic rings. The first-order chi connectivity index (χ1) is 11.4. The Hall–Kier alpha value is -2.48. The minimum absolute atomic E-state index is 0.215. The fourth-order valence-electron chi connectivity index (χ4n) is 2.27. The van der Waals surface area contributed by atoms with Crippen LogP contribution in [0.25, 0.3) is 6.08 Å². The van der Waals surface area contributed by atoms with Gasteiger partial charge in [-0.3, -0.25) is 19.3 Å². The molecule has 1 aliphatic rings. The lowest BCUT2D eigenvalue weighted by Gasteiger charge is -2.13. The van der Waals surface area contributed by atoms with E-state index in [4.69, 9.17) is 9.47 Å². The number of amides is 2. The highest BCUT2D eigenvalue weighted by molar-refractivity contribution is 8.18. The normalized spacial score (nSPS) is 15.8. The van der Waals surface area contributed by atoms with Crippen molar-refractivity contribution in [1.82, 2.24) is 4.90 Å². The molecule has 128 valence electrons. The largest absolute Gasteiger partial charge is 0.496 e. The van der Waals surface area contributed by atoms with Crippen molar-refractivity contribution in [2.24, 2.45) is 0 Å². The Balaban J connectivity index is 2.36. The molecule has 0 atom stereocenters. The number of thioether (sulfide) groups is 1. The minimum atomic E-state index is -0.656. The quantitative estimate of drug-likeness (QED) is 0.594. The lowest BCUT2D eigenvalue weighted by atomic mass is 10.1. The van der Waals surface area contributed by atoms with Crippen LogP contribution in [0.1, 0.15) is 11.1 Å². The SMILES string of the molecule is COC(=O)CN1C(=O)S/C(=C/c2ccc(OC)c(C)c2OC)C1=O. The van der Waals surface area contributed by atoms with Gasteiger partial charge in [0.25, 0.3) is 11.1 Å². The van der Waals surface area contributed by atoms with Crippen molar-refractivity contribution in [2.75, 3.05) is 27.9 Å². The predicted molar refractivity (Wildman–Crippen MR) is 89.0 cm³/mol. The summed E-state index contributed by atoms with van der Waals surface area (Å²) in [6.45, 7) is 1.43. The number of carbonyl (C=O) groups excluding carboxylic acids is 3. The Labute approximate surface area is 143 Å². The summed E-state index contributed by atoms with van der Waals surface area (Å²) in [5, 5.41) is -0.513. The molecule has 7 nitrogen and oxygen atoms in total. The minimum Gasteiger partial charge on any atom is -0.496 e. The maximum Gasteiger partial charge on any atom is 0.325 e. The molecule has 0 bridgehead atoms. The van der Waals surface area contributed by atoms with Crippen LogP contribution in [0.2, 0.25) is 0 Å². The van der Waals surface area contributed by atoms with E-state index in [1.165, 1.54) is 14.2 Å². The van der Waals surface area contributed by atoms with Crippen LogP contribution >= 0.6 is 11.8 Å². The smallest absolute Gasteiger partial charge is 0.325 e. The first kappa shape index (κ1) is 17.9. The molecule has 1 saturated heterocycles. The van der Waals surface area contributed by atoms with E-state index in [9.17, 15) is 14.4 Å². The van der Waals surface area contributed by atoms with Crippen molar-refractivity contribution >= 4 is 35.0 Å². The van der Waals surface area contributed by atoms with E-state index in [0.717, 1.165) is 22.2 Å². The van der Waals surface area contributed by atoms with E-state index in [2.05, 4.69) is 4.74 Å². The monoisotopic (exact) mass is 351 g/mol. The third-order valence-corrected chi connectivity index (χ3v) is 4.39. The standard InChI is InChI=1S/C16H17NO6S/c1-9-11(21-2)6-5-10(14(9)23-4)7-12-15(19)17(16(20)24-12)8-13(18)22-3/h5-7H,8H2,1-4H3/b12-7+. The highest BCUT2D eigenvalue weighted by atomic mass is 32.2. The second-order valence-corrected chi connectivity index (χ2v) is 5.85. The Morgan fingerprint density at radius 3 is 2.50 bits per heavy atom. The third kappa shape index (κ3) is 3.38. The van der Waals surface area contributed by atoms with Crippen LogP contribution in [0.3, 0.4) is 0 Å². The van der Waals surface area contributed by atoms with E-state index in [1.807, 2.05) is 6.92 Å². The molecule has 0 saturated carbocycles. The number of hydrogen-bond acceptors (Lipinski definition) is 7. The number of rotatable bonds is 5. The fourth-order valence-corrected chi connectivity index (χ4v) is 3.10. The Kier molecular flexibility index (Phi) is 5.50. The van der Waals surface area contributed by atoms with Gasteiger partial charge in [-0.05, 0) is 36.9 Å². The van der Waals surface area contributed by atoms with Crippen LogP contribution in [-0.4, -0.2) is 49.9 Å². The van der Waals surface area contributed by atoms with Crippen molar-refractivity contribution in [3.05, 3.63) is 28.2 Å². The van der Waals surface area contributed by atoms with Gasteiger partial charge >= 0.3 is 5.97 Å². The molecule has 1 heterocycles. The van der Waals surface area contributed by atoms with E-state index in [0.29, 0.717) is 17.1 Å². The first-order valence-corrected chi connectivity index (χ1v) is 7.78. The van der Waals surface area contributed by atoms with Gasteiger partial charge in [0.2, 0.25) is 0 Å². The molecule has 1 fully saturated rings. The van der Waals surface area contributed by atoms with Crippen LogP contribution in [0.15, 0.2) is 17.0 Å². The summed E-state index contributed by atoms with van der Waals surface area (Å²) >= 11 is 0.768. The Bertz CT molecular complexity index is 728. The third-order valence-electron chi connectivity index (χ3n) is 3.49. The number of hydrogen-bond donors (Lipinski definition) is 0. The second-order valence-electron chi connectivity index (χ2n) is 4.86. The van der Waals surface area contributed by atoms with Crippen LogP contribution in [-0.2, 0) is 14.3 Å². The van der Waals surface area contributed by atoms with E-state index in [-0.39, 0.29) is 4.91 Å². The summed E-state index contributed by atoms with van der Waals surface area (Å²) in [4.78, 5) is 36.6. The van der Waals surface area contributed by atoms with Gasteiger partial charge < -0.3 is 14.2 Å². The number of esters is 1. The number of benzene rings is 1. The van der Waals surface area contributed by atoms with Crippen molar-refractivity contribution < 1.29 is 28.6 Å². The molecule has 1 aliphatic heterocycles. The molecule has 0 spiro atoms. The average Bonchev–Trinajstić information content (AvgIpc) is 2.82. The number of imide groups is 1. The molecule has 1 aromatic carbocycles.